The van der Waals surface area contributed by atoms with Crippen LogP contribution in [0.1, 0.15) is 23.4 Å². The molecule has 1 atom stereocenters. The van der Waals surface area contributed by atoms with E-state index in [0.717, 1.165) is 13.0 Å². The van der Waals surface area contributed by atoms with E-state index in [-0.39, 0.29) is 0 Å². The average Bonchev–Trinajstić information content (AvgIpc) is 2.83. The van der Waals surface area contributed by atoms with Crippen molar-refractivity contribution in [2.45, 2.75) is 19.4 Å². The highest BCUT2D eigenvalue weighted by Crippen LogP contribution is 2.19. The molecule has 84 valence electrons. The Kier molecular flexibility index (Phi) is 3.96. The van der Waals surface area contributed by atoms with Crippen molar-refractivity contribution in [3.05, 3.63) is 40.6 Å². The molecule has 0 radical (unpaired) electrons. The quantitative estimate of drug-likeness (QED) is 0.857. The van der Waals surface area contributed by atoms with Crippen molar-refractivity contribution in [2.75, 3.05) is 6.54 Å². The van der Waals surface area contributed by atoms with Gasteiger partial charge in [0.05, 0.1) is 11.7 Å². The average molecular weight is 234 g/mol. The van der Waals surface area contributed by atoms with Crippen molar-refractivity contribution >= 4 is 11.3 Å². The number of nitrogens with one attached hydrogen (secondary N) is 1. The van der Waals surface area contributed by atoms with E-state index in [1.54, 1.807) is 17.5 Å². The summed E-state index contributed by atoms with van der Waals surface area (Å²) in [5, 5.41) is 11.2. The Labute approximate surface area is 98.8 Å². The van der Waals surface area contributed by atoms with Crippen LogP contribution >= 0.6 is 11.3 Å². The van der Waals surface area contributed by atoms with E-state index in [0.29, 0.717) is 6.04 Å². The summed E-state index contributed by atoms with van der Waals surface area (Å²) < 4.78 is 0. The molecule has 0 aliphatic rings. The van der Waals surface area contributed by atoms with Gasteiger partial charge in [-0.15, -0.1) is 11.3 Å². The van der Waals surface area contributed by atoms with Crippen molar-refractivity contribution in [3.63, 3.8) is 0 Å². The smallest absolute Gasteiger partial charge is 0.0794 e. The van der Waals surface area contributed by atoms with Gasteiger partial charge in [0.1, 0.15) is 0 Å². The molecule has 2 aromatic heterocycles. The number of nitrogens with zero attached hydrogens (tertiary/aromatic N) is 3. The molecule has 2 aromatic rings. The largest absolute Gasteiger partial charge is 0.310 e. The first kappa shape index (κ1) is 11.2. The molecule has 0 bridgehead atoms. The predicted molar refractivity (Wildman–Crippen MR) is 64.3 cm³/mol. The molecule has 4 nitrogen and oxygen atoms in total. The highest BCUT2D eigenvalue weighted by molar-refractivity contribution is 7.09. The monoisotopic (exact) mass is 234 g/mol. The normalized spacial score (nSPS) is 12.6. The van der Waals surface area contributed by atoms with Gasteiger partial charge in [0.25, 0.3) is 0 Å². The molecule has 0 spiro atoms. The number of rotatable bonds is 5. The fourth-order valence-electron chi connectivity index (χ4n) is 1.61. The Morgan fingerprint density at radius 3 is 2.94 bits per heavy atom. The molecule has 0 saturated heterocycles. The van der Waals surface area contributed by atoms with Gasteiger partial charge in [-0.05, 0) is 18.2 Å². The zero-order chi connectivity index (χ0) is 11.2. The van der Waals surface area contributed by atoms with E-state index in [2.05, 4.69) is 27.4 Å². The zero-order valence-electron chi connectivity index (χ0n) is 9.13. The summed E-state index contributed by atoms with van der Waals surface area (Å²) in [6, 6.07) is 2.29. The number of hydrogen-bond acceptors (Lipinski definition) is 5. The third-order valence-corrected chi connectivity index (χ3v) is 3.15. The third-order valence-electron chi connectivity index (χ3n) is 2.35. The lowest BCUT2D eigenvalue weighted by Crippen LogP contribution is -2.22. The van der Waals surface area contributed by atoms with Crippen molar-refractivity contribution in [1.82, 2.24) is 20.5 Å². The molecule has 0 aliphatic heterocycles. The van der Waals surface area contributed by atoms with Crippen LogP contribution in [0.3, 0.4) is 0 Å². The van der Waals surface area contributed by atoms with Gasteiger partial charge in [-0.25, -0.2) is 0 Å². The van der Waals surface area contributed by atoms with Gasteiger partial charge in [0.15, 0.2) is 0 Å². The number of thiazole rings is 1. The SMILES string of the molecule is CCNC(Cc1cncs1)c1ccnnc1. The van der Waals surface area contributed by atoms with E-state index in [1.807, 2.05) is 24.0 Å². The Morgan fingerprint density at radius 1 is 1.38 bits per heavy atom. The minimum absolute atomic E-state index is 0.293. The molecule has 0 fully saturated rings. The number of hydrogen-bond donors (Lipinski definition) is 1. The summed E-state index contributed by atoms with van der Waals surface area (Å²) >= 11 is 1.68. The molecule has 1 unspecified atom stereocenters. The Bertz CT molecular complexity index is 401. The molecule has 0 aromatic carbocycles. The maximum Gasteiger partial charge on any atom is 0.0794 e. The Hall–Kier alpha value is -1.33. The first-order chi connectivity index (χ1) is 7.90. The van der Waals surface area contributed by atoms with Gasteiger partial charge in [0.2, 0.25) is 0 Å². The number of aromatic nitrogens is 3. The van der Waals surface area contributed by atoms with E-state index in [1.165, 1.54) is 10.4 Å². The molecular formula is C11H14N4S. The molecular weight excluding hydrogens is 220 g/mol. The summed E-state index contributed by atoms with van der Waals surface area (Å²) in [6.07, 6.45) is 6.41. The molecule has 0 amide bonds. The maximum atomic E-state index is 4.09. The van der Waals surface area contributed by atoms with E-state index in [4.69, 9.17) is 0 Å². The highest BCUT2D eigenvalue weighted by atomic mass is 32.1. The molecule has 16 heavy (non-hydrogen) atoms. The second-order valence-electron chi connectivity index (χ2n) is 3.46. The van der Waals surface area contributed by atoms with Gasteiger partial charge >= 0.3 is 0 Å². The standard InChI is InChI=1S/C11H14N4S/c1-2-13-11(5-10-7-12-8-16-10)9-3-4-14-15-6-9/h3-4,6-8,11,13H,2,5H2,1H3. The van der Waals surface area contributed by atoms with Crippen molar-refractivity contribution in [3.8, 4) is 0 Å². The lowest BCUT2D eigenvalue weighted by molar-refractivity contribution is 0.550. The first-order valence-corrected chi connectivity index (χ1v) is 6.15. The minimum atomic E-state index is 0.293. The summed E-state index contributed by atoms with van der Waals surface area (Å²) in [4.78, 5) is 5.37. The summed E-state index contributed by atoms with van der Waals surface area (Å²) in [5.74, 6) is 0. The van der Waals surface area contributed by atoms with Gasteiger partial charge in [0, 0.05) is 29.7 Å². The third kappa shape index (κ3) is 2.84. The molecule has 5 heteroatoms. The van der Waals surface area contributed by atoms with Crippen LogP contribution in [0.25, 0.3) is 0 Å². The van der Waals surface area contributed by atoms with Crippen LogP contribution in [0.5, 0.6) is 0 Å². The van der Waals surface area contributed by atoms with Crippen LogP contribution in [0.2, 0.25) is 0 Å². The van der Waals surface area contributed by atoms with E-state index >= 15 is 0 Å². The molecule has 2 heterocycles. The fourth-order valence-corrected chi connectivity index (χ4v) is 2.25. The summed E-state index contributed by atoms with van der Waals surface area (Å²) in [6.45, 7) is 3.04. The second kappa shape index (κ2) is 5.67. The molecule has 0 saturated carbocycles. The van der Waals surface area contributed by atoms with Gasteiger partial charge in [-0.2, -0.15) is 10.2 Å². The minimum Gasteiger partial charge on any atom is -0.310 e. The number of likely N-dealkylation sites (N-methyl/N-ethyl adjacent to an activating group) is 1. The van der Waals surface area contributed by atoms with Crippen LogP contribution in [0.4, 0.5) is 0 Å². The Morgan fingerprint density at radius 2 is 2.31 bits per heavy atom. The lowest BCUT2D eigenvalue weighted by Gasteiger charge is -2.16. The van der Waals surface area contributed by atoms with Crippen molar-refractivity contribution < 1.29 is 0 Å². The van der Waals surface area contributed by atoms with E-state index in [9.17, 15) is 0 Å². The molecule has 0 aliphatic carbocycles. The van der Waals surface area contributed by atoms with Gasteiger partial charge < -0.3 is 5.32 Å². The van der Waals surface area contributed by atoms with Crippen LogP contribution < -0.4 is 5.32 Å². The lowest BCUT2D eigenvalue weighted by atomic mass is 10.1. The maximum absolute atomic E-state index is 4.09. The van der Waals surface area contributed by atoms with Crippen LogP contribution in [-0.4, -0.2) is 21.7 Å². The van der Waals surface area contributed by atoms with Gasteiger partial charge in [-0.1, -0.05) is 6.92 Å². The van der Waals surface area contributed by atoms with Gasteiger partial charge in [-0.3, -0.25) is 4.98 Å². The second-order valence-corrected chi connectivity index (χ2v) is 4.43. The summed E-state index contributed by atoms with van der Waals surface area (Å²) in [7, 11) is 0. The van der Waals surface area contributed by atoms with Crippen molar-refractivity contribution in [2.24, 2.45) is 0 Å². The molecule has 1 N–H and O–H groups in total. The van der Waals surface area contributed by atoms with Crippen LogP contribution in [-0.2, 0) is 6.42 Å². The molecule has 2 rings (SSSR count). The Balaban J connectivity index is 2.11. The topological polar surface area (TPSA) is 50.7 Å². The zero-order valence-corrected chi connectivity index (χ0v) is 9.94. The van der Waals surface area contributed by atoms with E-state index < -0.39 is 0 Å². The summed E-state index contributed by atoms with van der Waals surface area (Å²) in [5.41, 5.74) is 3.04. The van der Waals surface area contributed by atoms with Crippen LogP contribution in [0, 0.1) is 0 Å². The van der Waals surface area contributed by atoms with Crippen molar-refractivity contribution in [1.29, 1.82) is 0 Å². The first-order valence-electron chi connectivity index (χ1n) is 5.27. The van der Waals surface area contributed by atoms with Crippen LogP contribution in [0.15, 0.2) is 30.2 Å². The highest BCUT2D eigenvalue weighted by Gasteiger charge is 2.11. The fraction of sp³-hybridized carbons (Fsp3) is 0.364. The predicted octanol–water partition coefficient (Wildman–Crippen LogP) is 1.83.